The van der Waals surface area contributed by atoms with Crippen molar-refractivity contribution in [1.29, 1.82) is 0 Å². The molecule has 0 radical (unpaired) electrons. The predicted molar refractivity (Wildman–Crippen MR) is 78.5 cm³/mol. The van der Waals surface area contributed by atoms with Gasteiger partial charge in [-0.25, -0.2) is 0 Å². The molecule has 2 heterocycles. The Labute approximate surface area is 121 Å². The van der Waals surface area contributed by atoms with E-state index in [4.69, 9.17) is 9.15 Å². The number of likely N-dealkylation sites (tertiary alicyclic amines) is 1. The van der Waals surface area contributed by atoms with Gasteiger partial charge in [-0.1, -0.05) is 6.42 Å². The maximum atomic E-state index is 5.72. The van der Waals surface area contributed by atoms with Crippen LogP contribution in [0.2, 0.25) is 0 Å². The van der Waals surface area contributed by atoms with Crippen LogP contribution >= 0.6 is 0 Å². The van der Waals surface area contributed by atoms with Crippen LogP contribution in [0.5, 0.6) is 0 Å². The lowest BCUT2D eigenvalue weighted by Crippen LogP contribution is -2.32. The Morgan fingerprint density at radius 1 is 1.25 bits per heavy atom. The molecule has 1 aliphatic heterocycles. The Hall–Kier alpha value is -0.840. The van der Waals surface area contributed by atoms with Gasteiger partial charge in [0, 0.05) is 24.7 Å². The molecule has 1 aliphatic carbocycles. The zero-order valence-corrected chi connectivity index (χ0v) is 12.3. The maximum Gasteiger partial charge on any atom is 0.129 e. The fourth-order valence-corrected chi connectivity index (χ4v) is 2.69. The maximum absolute atomic E-state index is 5.72. The second-order valence-corrected chi connectivity index (χ2v) is 6.03. The zero-order chi connectivity index (χ0) is 13.6. The number of hydrogen-bond donors (Lipinski definition) is 1. The van der Waals surface area contributed by atoms with E-state index in [2.05, 4.69) is 16.3 Å². The number of piperidine rings is 1. The first-order chi connectivity index (χ1) is 9.90. The summed E-state index contributed by atoms with van der Waals surface area (Å²) >= 11 is 0. The van der Waals surface area contributed by atoms with E-state index in [-0.39, 0.29) is 0 Å². The Balaban J connectivity index is 1.29. The van der Waals surface area contributed by atoms with Crippen molar-refractivity contribution in [2.24, 2.45) is 0 Å². The summed E-state index contributed by atoms with van der Waals surface area (Å²) in [5, 5.41) is 3.49. The number of furan rings is 1. The largest absolute Gasteiger partial charge is 0.467 e. The summed E-state index contributed by atoms with van der Waals surface area (Å²) in [6, 6.07) is 2.85. The molecule has 0 spiro atoms. The second-order valence-electron chi connectivity index (χ2n) is 6.03. The number of hydrogen-bond acceptors (Lipinski definition) is 4. The molecular weight excluding hydrogens is 252 g/mol. The molecule has 0 unspecified atom stereocenters. The minimum atomic E-state index is 0.595. The molecule has 0 bridgehead atoms. The third-order valence-corrected chi connectivity index (χ3v) is 4.13. The van der Waals surface area contributed by atoms with Gasteiger partial charge in [0.25, 0.3) is 0 Å². The first-order valence-corrected chi connectivity index (χ1v) is 8.00. The molecule has 4 nitrogen and oxygen atoms in total. The zero-order valence-electron chi connectivity index (χ0n) is 12.3. The molecule has 1 N–H and O–H groups in total. The molecule has 0 aromatic carbocycles. The van der Waals surface area contributed by atoms with Gasteiger partial charge in [-0.15, -0.1) is 0 Å². The van der Waals surface area contributed by atoms with Crippen molar-refractivity contribution >= 4 is 0 Å². The minimum absolute atomic E-state index is 0.595. The van der Waals surface area contributed by atoms with E-state index in [1.807, 2.05) is 6.26 Å². The van der Waals surface area contributed by atoms with Gasteiger partial charge in [0.05, 0.1) is 12.9 Å². The van der Waals surface area contributed by atoms with Crippen LogP contribution in [0.1, 0.15) is 43.4 Å². The summed E-state index contributed by atoms with van der Waals surface area (Å²) in [4.78, 5) is 2.50. The van der Waals surface area contributed by atoms with E-state index in [1.165, 1.54) is 50.8 Å². The Morgan fingerprint density at radius 2 is 2.10 bits per heavy atom. The summed E-state index contributed by atoms with van der Waals surface area (Å²) in [6.07, 6.45) is 8.57. The average Bonchev–Trinajstić information content (AvgIpc) is 3.21. The van der Waals surface area contributed by atoms with Gasteiger partial charge in [-0.2, -0.15) is 0 Å². The van der Waals surface area contributed by atoms with Crippen molar-refractivity contribution < 1.29 is 9.15 Å². The van der Waals surface area contributed by atoms with Gasteiger partial charge in [-0.05, 0) is 44.8 Å². The molecule has 4 heteroatoms. The molecular formula is C16H26N2O2. The van der Waals surface area contributed by atoms with Crippen LogP contribution in [0.15, 0.2) is 16.7 Å². The number of nitrogens with zero attached hydrogens (tertiary/aromatic N) is 1. The lowest BCUT2D eigenvalue weighted by molar-refractivity contribution is 0.0765. The highest BCUT2D eigenvalue weighted by Gasteiger charge is 2.20. The van der Waals surface area contributed by atoms with E-state index < -0.39 is 0 Å². The molecule has 0 atom stereocenters. The summed E-state index contributed by atoms with van der Waals surface area (Å²) in [5.74, 6) is 0.941. The van der Waals surface area contributed by atoms with Crippen molar-refractivity contribution in [3.63, 3.8) is 0 Å². The molecule has 1 saturated carbocycles. The lowest BCUT2D eigenvalue weighted by Gasteiger charge is -2.25. The molecule has 20 heavy (non-hydrogen) atoms. The summed E-state index contributed by atoms with van der Waals surface area (Å²) in [6.45, 7) is 5.84. The van der Waals surface area contributed by atoms with Crippen molar-refractivity contribution in [1.82, 2.24) is 10.2 Å². The van der Waals surface area contributed by atoms with Crippen LogP contribution in [-0.4, -0.2) is 37.2 Å². The number of rotatable bonds is 8. The van der Waals surface area contributed by atoms with Gasteiger partial charge in [0.1, 0.15) is 12.4 Å². The molecule has 1 aromatic rings. The highest BCUT2D eigenvalue weighted by Crippen LogP contribution is 2.19. The van der Waals surface area contributed by atoms with Crippen LogP contribution in [-0.2, 0) is 17.9 Å². The first kappa shape index (κ1) is 14.1. The normalized spacial score (nSPS) is 20.4. The SMILES string of the molecule is c1oc(COCCN2CCCCC2)cc1CNC1CC1. The smallest absolute Gasteiger partial charge is 0.129 e. The summed E-state index contributed by atoms with van der Waals surface area (Å²) in [5.41, 5.74) is 1.23. The van der Waals surface area contributed by atoms with Gasteiger partial charge >= 0.3 is 0 Å². The minimum Gasteiger partial charge on any atom is -0.467 e. The van der Waals surface area contributed by atoms with Gasteiger partial charge in [0.15, 0.2) is 0 Å². The molecule has 112 valence electrons. The number of nitrogens with one attached hydrogen (secondary N) is 1. The Kier molecular flexibility index (Phi) is 5.12. The molecule has 1 aromatic heterocycles. The third-order valence-electron chi connectivity index (χ3n) is 4.13. The van der Waals surface area contributed by atoms with Crippen LogP contribution in [0.3, 0.4) is 0 Å². The van der Waals surface area contributed by atoms with Crippen molar-refractivity contribution in [3.8, 4) is 0 Å². The van der Waals surface area contributed by atoms with E-state index in [0.717, 1.165) is 31.5 Å². The second kappa shape index (κ2) is 7.25. The monoisotopic (exact) mass is 278 g/mol. The third kappa shape index (κ3) is 4.62. The molecule has 1 saturated heterocycles. The van der Waals surface area contributed by atoms with E-state index in [9.17, 15) is 0 Å². The van der Waals surface area contributed by atoms with Crippen LogP contribution in [0.4, 0.5) is 0 Å². The Bertz CT molecular complexity index is 395. The molecule has 3 rings (SSSR count). The quantitative estimate of drug-likeness (QED) is 0.742. The average molecular weight is 278 g/mol. The molecule has 2 aliphatic rings. The summed E-state index contributed by atoms with van der Waals surface area (Å²) in [7, 11) is 0. The standard InChI is InChI=1S/C16H26N2O2/c1-2-6-18(7-3-1)8-9-19-13-16-10-14(12-20-16)11-17-15-4-5-15/h10,12,15,17H,1-9,11,13H2. The van der Waals surface area contributed by atoms with Crippen molar-refractivity contribution in [2.45, 2.75) is 51.3 Å². The van der Waals surface area contributed by atoms with E-state index in [1.54, 1.807) is 0 Å². The topological polar surface area (TPSA) is 37.6 Å². The van der Waals surface area contributed by atoms with Crippen LogP contribution < -0.4 is 5.32 Å². The fourth-order valence-electron chi connectivity index (χ4n) is 2.69. The van der Waals surface area contributed by atoms with Crippen molar-refractivity contribution in [3.05, 3.63) is 23.7 Å². The number of ether oxygens (including phenoxy) is 1. The highest BCUT2D eigenvalue weighted by molar-refractivity contribution is 5.12. The van der Waals surface area contributed by atoms with Crippen molar-refractivity contribution in [2.75, 3.05) is 26.2 Å². The first-order valence-electron chi connectivity index (χ1n) is 8.00. The van der Waals surface area contributed by atoms with E-state index in [0.29, 0.717) is 6.61 Å². The van der Waals surface area contributed by atoms with Crippen LogP contribution in [0.25, 0.3) is 0 Å². The van der Waals surface area contributed by atoms with Gasteiger partial charge in [-0.3, -0.25) is 0 Å². The van der Waals surface area contributed by atoms with E-state index >= 15 is 0 Å². The fraction of sp³-hybridized carbons (Fsp3) is 0.750. The highest BCUT2D eigenvalue weighted by atomic mass is 16.5. The van der Waals surface area contributed by atoms with Crippen LogP contribution in [0, 0.1) is 0 Å². The Morgan fingerprint density at radius 3 is 2.90 bits per heavy atom. The van der Waals surface area contributed by atoms with Gasteiger partial charge in [0.2, 0.25) is 0 Å². The molecule has 2 fully saturated rings. The molecule has 0 amide bonds. The lowest BCUT2D eigenvalue weighted by atomic mass is 10.1. The summed E-state index contributed by atoms with van der Waals surface area (Å²) < 4.78 is 11.2. The predicted octanol–water partition coefficient (Wildman–Crippen LogP) is 2.53. The van der Waals surface area contributed by atoms with Gasteiger partial charge < -0.3 is 19.4 Å².